The first-order chi connectivity index (χ1) is 4.64. The molecular formula is C8H17NO. The van der Waals surface area contributed by atoms with Crippen LogP contribution in [0, 0.1) is 5.41 Å². The van der Waals surface area contributed by atoms with Gasteiger partial charge in [0.25, 0.3) is 0 Å². The van der Waals surface area contributed by atoms with Gasteiger partial charge in [0.15, 0.2) is 0 Å². The van der Waals surface area contributed by atoms with Crippen molar-refractivity contribution in [2.75, 3.05) is 13.2 Å². The molecule has 0 aromatic heterocycles. The molecule has 0 amide bonds. The molecule has 2 heteroatoms. The summed E-state index contributed by atoms with van der Waals surface area (Å²) < 4.78 is 5.53. The van der Waals surface area contributed by atoms with Crippen LogP contribution in [0.1, 0.15) is 27.2 Å². The van der Waals surface area contributed by atoms with E-state index in [1.165, 1.54) is 0 Å². The van der Waals surface area contributed by atoms with Crippen LogP contribution in [0.4, 0.5) is 0 Å². The highest BCUT2D eigenvalue weighted by Gasteiger charge is 2.25. The van der Waals surface area contributed by atoms with Crippen molar-refractivity contribution in [3.63, 3.8) is 0 Å². The van der Waals surface area contributed by atoms with E-state index < -0.39 is 0 Å². The number of hydrogen-bond donors (Lipinski definition) is 1. The summed E-state index contributed by atoms with van der Waals surface area (Å²) in [7, 11) is 0. The molecule has 1 aliphatic heterocycles. The van der Waals surface area contributed by atoms with E-state index in [2.05, 4.69) is 26.1 Å². The smallest absolute Gasteiger partial charge is 0.107 e. The predicted molar refractivity (Wildman–Crippen MR) is 41.8 cm³/mol. The molecule has 0 aliphatic carbocycles. The summed E-state index contributed by atoms with van der Waals surface area (Å²) in [6.07, 6.45) is 1.36. The maximum Gasteiger partial charge on any atom is 0.107 e. The van der Waals surface area contributed by atoms with Crippen molar-refractivity contribution in [2.24, 2.45) is 5.41 Å². The number of ether oxygens (including phenoxy) is 1. The van der Waals surface area contributed by atoms with Gasteiger partial charge in [0, 0.05) is 12.0 Å². The van der Waals surface area contributed by atoms with Crippen molar-refractivity contribution >= 4 is 0 Å². The van der Waals surface area contributed by atoms with Gasteiger partial charge in [0.2, 0.25) is 0 Å². The van der Waals surface area contributed by atoms with E-state index in [1.54, 1.807) is 0 Å². The van der Waals surface area contributed by atoms with Gasteiger partial charge in [-0.15, -0.1) is 0 Å². The third kappa shape index (κ3) is 1.96. The third-order valence-electron chi connectivity index (χ3n) is 1.85. The lowest BCUT2D eigenvalue weighted by Gasteiger charge is -2.35. The zero-order chi connectivity index (χ0) is 7.61. The van der Waals surface area contributed by atoms with Gasteiger partial charge < -0.3 is 4.74 Å². The lowest BCUT2D eigenvalue weighted by Crippen LogP contribution is -2.47. The van der Waals surface area contributed by atoms with Crippen LogP contribution in [0.15, 0.2) is 0 Å². The standard InChI is InChI=1S/C8H17NO/c1-4-7-9-5-8(2,3)6-10-7/h7,9H,4-6H2,1-3H3. The summed E-state index contributed by atoms with van der Waals surface area (Å²) in [5.74, 6) is 0. The van der Waals surface area contributed by atoms with Crippen molar-refractivity contribution in [1.29, 1.82) is 0 Å². The number of nitrogens with one attached hydrogen (secondary N) is 1. The van der Waals surface area contributed by atoms with Crippen LogP contribution in [0.2, 0.25) is 0 Å². The SMILES string of the molecule is CCC1NCC(C)(C)CO1. The van der Waals surface area contributed by atoms with Crippen LogP contribution in [-0.2, 0) is 4.74 Å². The molecule has 1 fully saturated rings. The molecule has 1 saturated heterocycles. The Morgan fingerprint density at radius 2 is 2.30 bits per heavy atom. The molecule has 0 spiro atoms. The minimum Gasteiger partial charge on any atom is -0.363 e. The van der Waals surface area contributed by atoms with Gasteiger partial charge in [-0.05, 0) is 6.42 Å². The average molecular weight is 143 g/mol. The van der Waals surface area contributed by atoms with Gasteiger partial charge in [-0.25, -0.2) is 0 Å². The summed E-state index contributed by atoms with van der Waals surface area (Å²) in [5, 5.41) is 3.34. The van der Waals surface area contributed by atoms with Gasteiger partial charge in [-0.2, -0.15) is 0 Å². The van der Waals surface area contributed by atoms with Crippen molar-refractivity contribution < 1.29 is 4.74 Å². The first-order valence-electron chi connectivity index (χ1n) is 3.99. The topological polar surface area (TPSA) is 21.3 Å². The van der Waals surface area contributed by atoms with E-state index in [9.17, 15) is 0 Å². The van der Waals surface area contributed by atoms with Crippen LogP contribution in [-0.4, -0.2) is 19.4 Å². The van der Waals surface area contributed by atoms with Gasteiger partial charge in [0.05, 0.1) is 6.61 Å². The molecule has 1 unspecified atom stereocenters. The monoisotopic (exact) mass is 143 g/mol. The van der Waals surface area contributed by atoms with Crippen molar-refractivity contribution in [1.82, 2.24) is 5.32 Å². The quantitative estimate of drug-likeness (QED) is 0.598. The number of rotatable bonds is 1. The van der Waals surface area contributed by atoms with Gasteiger partial charge in [-0.1, -0.05) is 20.8 Å². The first-order valence-corrected chi connectivity index (χ1v) is 3.99. The van der Waals surface area contributed by atoms with Crippen molar-refractivity contribution in [2.45, 2.75) is 33.4 Å². The second kappa shape index (κ2) is 2.89. The second-order valence-corrected chi connectivity index (χ2v) is 3.75. The van der Waals surface area contributed by atoms with Gasteiger partial charge in [-0.3, -0.25) is 5.32 Å². The lowest BCUT2D eigenvalue weighted by molar-refractivity contribution is -0.0585. The molecule has 0 aromatic carbocycles. The largest absolute Gasteiger partial charge is 0.363 e. The molecule has 0 radical (unpaired) electrons. The second-order valence-electron chi connectivity index (χ2n) is 3.75. The maximum absolute atomic E-state index is 5.53. The Morgan fingerprint density at radius 3 is 2.70 bits per heavy atom. The molecule has 1 heterocycles. The minimum atomic E-state index is 0.299. The zero-order valence-electron chi connectivity index (χ0n) is 7.11. The molecule has 10 heavy (non-hydrogen) atoms. The lowest BCUT2D eigenvalue weighted by atomic mass is 9.93. The molecule has 2 nitrogen and oxygen atoms in total. The highest BCUT2D eigenvalue weighted by molar-refractivity contribution is 4.76. The Balaban J connectivity index is 2.31. The summed E-state index contributed by atoms with van der Waals surface area (Å²) in [6.45, 7) is 8.53. The van der Waals surface area contributed by atoms with Crippen LogP contribution in [0.25, 0.3) is 0 Å². The van der Waals surface area contributed by atoms with E-state index in [4.69, 9.17) is 4.74 Å². The highest BCUT2D eigenvalue weighted by atomic mass is 16.5. The molecule has 1 aliphatic rings. The molecule has 1 rings (SSSR count). The van der Waals surface area contributed by atoms with Crippen molar-refractivity contribution in [3.05, 3.63) is 0 Å². The van der Waals surface area contributed by atoms with E-state index >= 15 is 0 Å². The molecule has 1 N–H and O–H groups in total. The molecule has 0 aromatic rings. The van der Waals surface area contributed by atoms with E-state index in [-0.39, 0.29) is 0 Å². The Bertz CT molecular complexity index is 102. The predicted octanol–water partition coefficient (Wildman–Crippen LogP) is 1.37. The molecular weight excluding hydrogens is 126 g/mol. The summed E-state index contributed by atoms with van der Waals surface area (Å²) in [5.41, 5.74) is 0.325. The third-order valence-corrected chi connectivity index (χ3v) is 1.85. The van der Waals surface area contributed by atoms with Gasteiger partial charge >= 0.3 is 0 Å². The average Bonchev–Trinajstić information content (AvgIpc) is 1.88. The number of hydrogen-bond acceptors (Lipinski definition) is 2. The fourth-order valence-electron chi connectivity index (χ4n) is 1.09. The normalized spacial score (nSPS) is 32.1. The Kier molecular flexibility index (Phi) is 2.32. The van der Waals surface area contributed by atoms with Crippen LogP contribution in [0.5, 0.6) is 0 Å². The van der Waals surface area contributed by atoms with Crippen molar-refractivity contribution in [3.8, 4) is 0 Å². The summed E-state index contributed by atoms with van der Waals surface area (Å²) >= 11 is 0. The first kappa shape index (κ1) is 8.02. The zero-order valence-corrected chi connectivity index (χ0v) is 7.11. The molecule has 60 valence electrons. The highest BCUT2D eigenvalue weighted by Crippen LogP contribution is 2.19. The van der Waals surface area contributed by atoms with Crippen LogP contribution < -0.4 is 5.32 Å². The Hall–Kier alpha value is -0.0800. The van der Waals surface area contributed by atoms with Gasteiger partial charge in [0.1, 0.15) is 6.23 Å². The molecule has 1 atom stereocenters. The molecule has 0 saturated carbocycles. The van der Waals surface area contributed by atoms with E-state index in [1.807, 2.05) is 0 Å². The fourth-order valence-corrected chi connectivity index (χ4v) is 1.09. The molecule has 0 bridgehead atoms. The maximum atomic E-state index is 5.53. The minimum absolute atomic E-state index is 0.299. The van der Waals surface area contributed by atoms with Crippen LogP contribution in [0.3, 0.4) is 0 Å². The van der Waals surface area contributed by atoms with E-state index in [0.29, 0.717) is 11.6 Å². The Morgan fingerprint density at radius 1 is 1.60 bits per heavy atom. The summed E-state index contributed by atoms with van der Waals surface area (Å²) in [4.78, 5) is 0. The van der Waals surface area contributed by atoms with Crippen LogP contribution >= 0.6 is 0 Å². The Labute approximate surface area is 63.0 Å². The van der Waals surface area contributed by atoms with E-state index in [0.717, 1.165) is 19.6 Å². The summed E-state index contributed by atoms with van der Waals surface area (Å²) in [6, 6.07) is 0. The fraction of sp³-hybridized carbons (Fsp3) is 1.00.